The van der Waals surface area contributed by atoms with Crippen LogP contribution in [-0.2, 0) is 0 Å². The third kappa shape index (κ3) is 1.76. The summed E-state index contributed by atoms with van der Waals surface area (Å²) >= 11 is 0. The number of amidine groups is 1. The van der Waals surface area contributed by atoms with Gasteiger partial charge in [-0.25, -0.2) is 0 Å². The molecule has 0 radical (unpaired) electrons. The van der Waals surface area contributed by atoms with E-state index in [9.17, 15) is 0 Å². The van der Waals surface area contributed by atoms with Gasteiger partial charge in [-0.05, 0) is 50.2 Å². The molecule has 22 heavy (non-hydrogen) atoms. The molecule has 1 aromatic carbocycles. The number of fused-ring (bicyclic) bond motifs is 3. The molecule has 2 N–H and O–H groups in total. The number of rotatable bonds is 1. The van der Waals surface area contributed by atoms with Crippen LogP contribution in [0.4, 0.5) is 0 Å². The predicted molar refractivity (Wildman–Crippen MR) is 87.3 cm³/mol. The fourth-order valence-electron chi connectivity index (χ4n) is 4.54. The summed E-state index contributed by atoms with van der Waals surface area (Å²) in [5.74, 6) is 2.54. The van der Waals surface area contributed by atoms with Gasteiger partial charge in [0.25, 0.3) is 0 Å². The second-order valence-electron chi connectivity index (χ2n) is 7.00. The van der Waals surface area contributed by atoms with E-state index in [2.05, 4.69) is 45.1 Å². The molecule has 3 fully saturated rings. The van der Waals surface area contributed by atoms with Crippen LogP contribution in [0.25, 0.3) is 10.9 Å². The van der Waals surface area contributed by atoms with Crippen molar-refractivity contribution >= 4 is 16.7 Å². The Morgan fingerprint density at radius 2 is 2.00 bits per heavy atom. The first-order valence-electron chi connectivity index (χ1n) is 8.31. The van der Waals surface area contributed by atoms with Crippen molar-refractivity contribution in [3.8, 4) is 0 Å². The Morgan fingerprint density at radius 1 is 1.09 bits per heavy atom. The van der Waals surface area contributed by atoms with Gasteiger partial charge in [-0.1, -0.05) is 18.2 Å². The van der Waals surface area contributed by atoms with Crippen LogP contribution in [0.1, 0.15) is 37.7 Å². The summed E-state index contributed by atoms with van der Waals surface area (Å²) in [6, 6.07) is 10.5. The van der Waals surface area contributed by atoms with Gasteiger partial charge in [0, 0.05) is 23.1 Å². The quantitative estimate of drug-likeness (QED) is 0.849. The number of aromatic nitrogens is 1. The van der Waals surface area contributed by atoms with Crippen LogP contribution in [0, 0.1) is 11.8 Å². The number of pyridine rings is 1. The van der Waals surface area contributed by atoms with Gasteiger partial charge in [-0.15, -0.1) is 0 Å². The Labute approximate surface area is 130 Å². The standard InChI is InChI=1S/C18H20N4/c1-2-13-5-6-14(10-16(13)19-9-1)17-20-18(22-21-17)11-12-3-7-15(18)8-4-12/h1-2,5-6,9-10,12,15,22H,3-4,7-8,11H2,(H,20,21). The molecule has 3 saturated carbocycles. The number of hydrogen-bond donors (Lipinski definition) is 2. The largest absolute Gasteiger partial charge is 0.344 e. The normalized spacial score (nSPS) is 32.8. The first kappa shape index (κ1) is 12.4. The second-order valence-corrected chi connectivity index (χ2v) is 7.00. The van der Waals surface area contributed by atoms with Crippen LogP contribution in [0.3, 0.4) is 0 Å². The molecular formula is C18H20N4. The summed E-state index contributed by atoms with van der Waals surface area (Å²) < 4.78 is 0. The molecular weight excluding hydrogens is 272 g/mol. The molecule has 6 rings (SSSR count). The van der Waals surface area contributed by atoms with Crippen LogP contribution in [0.2, 0.25) is 0 Å². The van der Waals surface area contributed by atoms with E-state index in [4.69, 9.17) is 0 Å². The summed E-state index contributed by atoms with van der Waals surface area (Å²) in [7, 11) is 0. The highest BCUT2D eigenvalue weighted by molar-refractivity contribution is 6.02. The van der Waals surface area contributed by atoms with E-state index in [0.717, 1.165) is 22.8 Å². The molecule has 0 saturated heterocycles. The molecule has 112 valence electrons. The molecule has 1 aromatic heterocycles. The minimum absolute atomic E-state index is 0.00950. The summed E-state index contributed by atoms with van der Waals surface area (Å²) in [6.45, 7) is 0. The molecule has 1 atom stereocenters. The van der Waals surface area contributed by atoms with Gasteiger partial charge in [-0.2, -0.15) is 5.10 Å². The van der Waals surface area contributed by atoms with Crippen molar-refractivity contribution in [2.75, 3.05) is 0 Å². The number of nitrogens with one attached hydrogen (secondary N) is 2. The van der Waals surface area contributed by atoms with Crippen molar-refractivity contribution in [1.82, 2.24) is 15.7 Å². The summed E-state index contributed by atoms with van der Waals surface area (Å²) in [6.07, 6.45) is 8.49. The van der Waals surface area contributed by atoms with E-state index in [0.29, 0.717) is 5.92 Å². The number of hydrogen-bond acceptors (Lipinski definition) is 4. The van der Waals surface area contributed by atoms with Gasteiger partial charge in [0.15, 0.2) is 5.84 Å². The van der Waals surface area contributed by atoms with Gasteiger partial charge in [0.05, 0.1) is 5.52 Å². The van der Waals surface area contributed by atoms with Crippen molar-refractivity contribution in [3.63, 3.8) is 0 Å². The van der Waals surface area contributed by atoms with Gasteiger partial charge in [0.2, 0.25) is 0 Å². The zero-order valence-corrected chi connectivity index (χ0v) is 12.5. The molecule has 4 nitrogen and oxygen atoms in total. The predicted octanol–water partition coefficient (Wildman–Crippen LogP) is 3.00. The lowest BCUT2D eigenvalue weighted by Gasteiger charge is -2.49. The Morgan fingerprint density at radius 3 is 2.82 bits per heavy atom. The highest BCUT2D eigenvalue weighted by Crippen LogP contribution is 2.47. The fourth-order valence-corrected chi connectivity index (χ4v) is 4.54. The molecule has 3 aliphatic carbocycles. The third-order valence-corrected chi connectivity index (χ3v) is 5.74. The van der Waals surface area contributed by atoms with Crippen LogP contribution >= 0.6 is 0 Å². The lowest BCUT2D eigenvalue weighted by molar-refractivity contribution is 0.0394. The molecule has 4 heteroatoms. The van der Waals surface area contributed by atoms with E-state index in [1.165, 1.54) is 37.5 Å². The molecule has 4 aliphatic rings. The fraction of sp³-hybridized carbons (Fsp3) is 0.444. The number of nitrogens with zero attached hydrogens (tertiary/aromatic N) is 2. The molecule has 2 heterocycles. The third-order valence-electron chi connectivity index (χ3n) is 5.74. The van der Waals surface area contributed by atoms with Crippen molar-refractivity contribution in [3.05, 3.63) is 42.1 Å². The summed E-state index contributed by atoms with van der Waals surface area (Å²) in [4.78, 5) is 4.45. The van der Waals surface area contributed by atoms with Crippen molar-refractivity contribution < 1.29 is 0 Å². The molecule has 2 aromatic rings. The SMILES string of the molecule is c1cnc2cc(C3=NNC4(CC5CCC4CC5)N3)ccc2c1. The molecule has 2 bridgehead atoms. The smallest absolute Gasteiger partial charge is 0.155 e. The van der Waals surface area contributed by atoms with Gasteiger partial charge in [-0.3, -0.25) is 10.4 Å². The van der Waals surface area contributed by atoms with Crippen LogP contribution in [0.5, 0.6) is 0 Å². The molecule has 1 aliphatic heterocycles. The van der Waals surface area contributed by atoms with Crippen LogP contribution < -0.4 is 10.7 Å². The lowest BCUT2D eigenvalue weighted by atomic mass is 9.64. The van der Waals surface area contributed by atoms with Gasteiger partial charge in [0.1, 0.15) is 5.66 Å². The second kappa shape index (κ2) is 4.45. The molecule has 1 spiro atoms. The zero-order valence-electron chi connectivity index (χ0n) is 12.5. The van der Waals surface area contributed by atoms with Crippen molar-refractivity contribution in [1.29, 1.82) is 0 Å². The first-order valence-corrected chi connectivity index (χ1v) is 8.31. The first-order chi connectivity index (χ1) is 10.8. The van der Waals surface area contributed by atoms with E-state index in [1.54, 1.807) is 0 Å². The topological polar surface area (TPSA) is 49.3 Å². The number of hydrazone groups is 1. The molecule has 0 amide bonds. The summed E-state index contributed by atoms with van der Waals surface area (Å²) in [5.41, 5.74) is 5.61. The van der Waals surface area contributed by atoms with Gasteiger partial charge >= 0.3 is 0 Å². The van der Waals surface area contributed by atoms with Crippen LogP contribution in [0.15, 0.2) is 41.6 Å². The Hall–Kier alpha value is -2.10. The minimum atomic E-state index is 0.00950. The Bertz CT molecular complexity index is 761. The van der Waals surface area contributed by atoms with E-state index < -0.39 is 0 Å². The Kier molecular flexibility index (Phi) is 2.52. The highest BCUT2D eigenvalue weighted by atomic mass is 15.5. The summed E-state index contributed by atoms with van der Waals surface area (Å²) in [5, 5.41) is 9.54. The van der Waals surface area contributed by atoms with E-state index >= 15 is 0 Å². The van der Waals surface area contributed by atoms with Crippen molar-refractivity contribution in [2.45, 2.75) is 37.8 Å². The van der Waals surface area contributed by atoms with Crippen LogP contribution in [-0.4, -0.2) is 16.5 Å². The Balaban J connectivity index is 1.46. The maximum absolute atomic E-state index is 4.64. The maximum atomic E-state index is 4.64. The van der Waals surface area contributed by atoms with E-state index in [-0.39, 0.29) is 5.66 Å². The van der Waals surface area contributed by atoms with Crippen molar-refractivity contribution in [2.24, 2.45) is 16.9 Å². The maximum Gasteiger partial charge on any atom is 0.155 e. The number of benzene rings is 1. The monoisotopic (exact) mass is 292 g/mol. The van der Waals surface area contributed by atoms with E-state index in [1.807, 2.05) is 12.3 Å². The minimum Gasteiger partial charge on any atom is -0.344 e. The average molecular weight is 292 g/mol. The van der Waals surface area contributed by atoms with Gasteiger partial charge < -0.3 is 5.32 Å². The highest BCUT2D eigenvalue weighted by Gasteiger charge is 2.50. The zero-order chi connectivity index (χ0) is 14.6. The average Bonchev–Trinajstić information content (AvgIpc) is 2.99. The molecule has 1 unspecified atom stereocenters. The lowest BCUT2D eigenvalue weighted by Crippen LogP contribution is -2.62.